The third kappa shape index (κ3) is 1.17. The Morgan fingerprint density at radius 3 is 3.00 bits per heavy atom. The van der Waals surface area contributed by atoms with Crippen LogP contribution in [0.5, 0.6) is 0 Å². The van der Waals surface area contributed by atoms with Crippen LogP contribution in [0.15, 0.2) is 29.2 Å². The molecule has 16 heavy (non-hydrogen) atoms. The molecule has 0 aromatic heterocycles. The van der Waals surface area contributed by atoms with Gasteiger partial charge >= 0.3 is 0 Å². The molecular formula is C14H19NS. The second-order valence-corrected chi connectivity index (χ2v) is 6.53. The SMILES string of the molecule is CCC12CCCNC1(C)c1ccccc1S2. The van der Waals surface area contributed by atoms with E-state index < -0.39 is 0 Å². The van der Waals surface area contributed by atoms with Crippen molar-refractivity contribution in [2.24, 2.45) is 0 Å². The van der Waals surface area contributed by atoms with Gasteiger partial charge in [0.05, 0.1) is 5.54 Å². The maximum Gasteiger partial charge on any atom is 0.0569 e. The highest BCUT2D eigenvalue weighted by molar-refractivity contribution is 8.01. The van der Waals surface area contributed by atoms with E-state index in [1.54, 1.807) is 0 Å². The zero-order valence-electron chi connectivity index (χ0n) is 10.0. The van der Waals surface area contributed by atoms with Crippen LogP contribution in [0.1, 0.15) is 38.7 Å². The molecule has 2 heterocycles. The van der Waals surface area contributed by atoms with Gasteiger partial charge in [-0.15, -0.1) is 11.8 Å². The summed E-state index contributed by atoms with van der Waals surface area (Å²) in [6.45, 7) is 5.89. The summed E-state index contributed by atoms with van der Waals surface area (Å²) >= 11 is 2.10. The Morgan fingerprint density at radius 1 is 1.38 bits per heavy atom. The van der Waals surface area contributed by atoms with Gasteiger partial charge in [0.1, 0.15) is 0 Å². The fourth-order valence-electron chi connectivity index (χ4n) is 3.40. The van der Waals surface area contributed by atoms with Crippen LogP contribution in [0.2, 0.25) is 0 Å². The summed E-state index contributed by atoms with van der Waals surface area (Å²) in [6, 6.07) is 8.92. The van der Waals surface area contributed by atoms with Crippen molar-refractivity contribution < 1.29 is 0 Å². The molecule has 1 aromatic rings. The highest BCUT2D eigenvalue weighted by Gasteiger charge is 2.55. The molecule has 1 aromatic carbocycles. The van der Waals surface area contributed by atoms with E-state index >= 15 is 0 Å². The zero-order valence-corrected chi connectivity index (χ0v) is 10.9. The van der Waals surface area contributed by atoms with Crippen molar-refractivity contribution >= 4 is 11.8 Å². The smallest absolute Gasteiger partial charge is 0.0569 e. The molecule has 2 heteroatoms. The monoisotopic (exact) mass is 233 g/mol. The lowest BCUT2D eigenvalue weighted by Crippen LogP contribution is -2.57. The molecule has 0 radical (unpaired) electrons. The minimum Gasteiger partial charge on any atom is -0.306 e. The van der Waals surface area contributed by atoms with Crippen molar-refractivity contribution in [3.05, 3.63) is 29.8 Å². The first-order valence-corrected chi connectivity index (χ1v) is 7.07. The first-order chi connectivity index (χ1) is 7.72. The molecule has 86 valence electrons. The summed E-state index contributed by atoms with van der Waals surface area (Å²) in [6.07, 6.45) is 3.90. The predicted octanol–water partition coefficient (Wildman–Crippen LogP) is 3.54. The summed E-state index contributed by atoms with van der Waals surface area (Å²) in [5, 5.41) is 3.78. The Kier molecular flexibility index (Phi) is 2.34. The van der Waals surface area contributed by atoms with Crippen LogP contribution in [0.25, 0.3) is 0 Å². The van der Waals surface area contributed by atoms with Crippen molar-refractivity contribution in [1.29, 1.82) is 0 Å². The van der Waals surface area contributed by atoms with Crippen molar-refractivity contribution in [2.45, 2.75) is 48.3 Å². The first-order valence-electron chi connectivity index (χ1n) is 6.25. The van der Waals surface area contributed by atoms with Crippen LogP contribution in [-0.4, -0.2) is 11.3 Å². The summed E-state index contributed by atoms with van der Waals surface area (Å²) < 4.78 is 0.384. The fraction of sp³-hybridized carbons (Fsp3) is 0.571. The Morgan fingerprint density at radius 2 is 2.19 bits per heavy atom. The number of nitrogens with one attached hydrogen (secondary N) is 1. The highest BCUT2D eigenvalue weighted by Crippen LogP contribution is 2.60. The zero-order chi connectivity index (χ0) is 11.2. The van der Waals surface area contributed by atoms with Crippen LogP contribution in [0.4, 0.5) is 0 Å². The number of hydrogen-bond donors (Lipinski definition) is 1. The van der Waals surface area contributed by atoms with E-state index in [-0.39, 0.29) is 5.54 Å². The molecule has 1 fully saturated rings. The second-order valence-electron chi connectivity index (χ2n) is 5.10. The van der Waals surface area contributed by atoms with Crippen molar-refractivity contribution in [1.82, 2.24) is 5.32 Å². The molecule has 1 saturated heterocycles. The van der Waals surface area contributed by atoms with E-state index in [9.17, 15) is 0 Å². The molecule has 2 unspecified atom stereocenters. The van der Waals surface area contributed by atoms with Gasteiger partial charge in [-0.1, -0.05) is 25.1 Å². The number of benzene rings is 1. The Hall–Kier alpha value is -0.470. The van der Waals surface area contributed by atoms with Crippen molar-refractivity contribution in [3.8, 4) is 0 Å². The minimum atomic E-state index is 0.182. The van der Waals surface area contributed by atoms with Crippen LogP contribution in [-0.2, 0) is 5.54 Å². The summed E-state index contributed by atoms with van der Waals surface area (Å²) in [5.74, 6) is 0. The Balaban J connectivity index is 2.16. The van der Waals surface area contributed by atoms with Gasteiger partial charge in [0.25, 0.3) is 0 Å². The summed E-state index contributed by atoms with van der Waals surface area (Å²) in [7, 11) is 0. The maximum absolute atomic E-state index is 3.78. The van der Waals surface area contributed by atoms with Gasteiger partial charge in [-0.2, -0.15) is 0 Å². The average molecular weight is 233 g/mol. The van der Waals surface area contributed by atoms with Crippen LogP contribution >= 0.6 is 11.8 Å². The first kappa shape index (κ1) is 10.7. The minimum absolute atomic E-state index is 0.182. The molecule has 0 saturated carbocycles. The standard InChI is InChI=1S/C14H19NS/c1-3-14-9-6-10-15-13(14,2)11-7-4-5-8-12(11)16-14/h4-5,7-8,15H,3,6,9-10H2,1-2H3. The molecule has 1 N–H and O–H groups in total. The molecule has 0 bridgehead atoms. The summed E-state index contributed by atoms with van der Waals surface area (Å²) in [4.78, 5) is 1.49. The van der Waals surface area contributed by atoms with Crippen LogP contribution in [0, 0.1) is 0 Å². The molecule has 0 aliphatic carbocycles. The van der Waals surface area contributed by atoms with E-state index in [1.165, 1.54) is 29.7 Å². The van der Waals surface area contributed by atoms with Crippen molar-refractivity contribution in [2.75, 3.05) is 6.54 Å². The normalized spacial score (nSPS) is 36.9. The van der Waals surface area contributed by atoms with E-state index in [0.29, 0.717) is 4.75 Å². The Bertz CT molecular complexity index is 417. The number of piperidine rings is 1. The predicted molar refractivity (Wildman–Crippen MR) is 69.9 cm³/mol. The molecule has 1 nitrogen and oxygen atoms in total. The van der Waals surface area contributed by atoms with Gasteiger partial charge in [-0.25, -0.2) is 0 Å². The lowest BCUT2D eigenvalue weighted by molar-refractivity contribution is 0.209. The van der Waals surface area contributed by atoms with Gasteiger partial charge in [-0.3, -0.25) is 0 Å². The van der Waals surface area contributed by atoms with Gasteiger partial charge in [0, 0.05) is 9.64 Å². The van der Waals surface area contributed by atoms with E-state index in [1.807, 2.05) is 0 Å². The molecule has 2 aliphatic heterocycles. The van der Waals surface area contributed by atoms with Gasteiger partial charge in [0.2, 0.25) is 0 Å². The third-order valence-electron chi connectivity index (χ3n) is 4.45. The van der Waals surface area contributed by atoms with E-state index in [0.717, 1.165) is 6.54 Å². The Labute approximate surface area is 102 Å². The van der Waals surface area contributed by atoms with Gasteiger partial charge in [-0.05, 0) is 44.4 Å². The number of fused-ring (bicyclic) bond motifs is 3. The molecular weight excluding hydrogens is 214 g/mol. The molecule has 3 rings (SSSR count). The van der Waals surface area contributed by atoms with Gasteiger partial charge in [0.15, 0.2) is 0 Å². The largest absolute Gasteiger partial charge is 0.306 e. The molecule has 2 aliphatic rings. The number of thioether (sulfide) groups is 1. The molecule has 2 atom stereocenters. The van der Waals surface area contributed by atoms with Crippen LogP contribution < -0.4 is 5.32 Å². The maximum atomic E-state index is 3.78. The fourth-order valence-corrected chi connectivity index (χ4v) is 5.13. The van der Waals surface area contributed by atoms with E-state index in [4.69, 9.17) is 0 Å². The topological polar surface area (TPSA) is 12.0 Å². The van der Waals surface area contributed by atoms with Gasteiger partial charge < -0.3 is 5.32 Å². The highest BCUT2D eigenvalue weighted by atomic mass is 32.2. The quantitative estimate of drug-likeness (QED) is 0.796. The lowest BCUT2D eigenvalue weighted by atomic mass is 9.73. The van der Waals surface area contributed by atoms with E-state index in [2.05, 4.69) is 55.2 Å². The molecule has 0 amide bonds. The molecule has 0 spiro atoms. The second kappa shape index (κ2) is 3.51. The number of rotatable bonds is 1. The lowest BCUT2D eigenvalue weighted by Gasteiger charge is -2.47. The van der Waals surface area contributed by atoms with Crippen molar-refractivity contribution in [3.63, 3.8) is 0 Å². The summed E-state index contributed by atoms with van der Waals surface area (Å²) in [5.41, 5.74) is 1.70. The average Bonchev–Trinajstić information content (AvgIpc) is 2.59. The van der Waals surface area contributed by atoms with Crippen LogP contribution in [0.3, 0.4) is 0 Å². The number of hydrogen-bond acceptors (Lipinski definition) is 2. The third-order valence-corrected chi connectivity index (χ3v) is 6.32.